The minimum absolute atomic E-state index is 0.0406. The Morgan fingerprint density at radius 2 is 1.76 bits per heavy atom. The molecule has 0 saturated heterocycles. The summed E-state index contributed by atoms with van der Waals surface area (Å²) in [5.41, 5.74) is 1.22. The molecule has 156 valence electrons. The van der Waals surface area contributed by atoms with E-state index < -0.39 is 6.61 Å². The van der Waals surface area contributed by atoms with Crippen molar-refractivity contribution < 1.29 is 32.5 Å². The van der Waals surface area contributed by atoms with Crippen LogP contribution in [0.4, 0.5) is 8.78 Å². The van der Waals surface area contributed by atoms with Crippen LogP contribution >= 0.6 is 0 Å². The second-order valence-corrected chi connectivity index (χ2v) is 5.83. The predicted octanol–water partition coefficient (Wildman–Crippen LogP) is 3.84. The lowest BCUT2D eigenvalue weighted by atomic mass is 10.1. The first-order valence-electron chi connectivity index (χ1n) is 8.80. The molecule has 0 heterocycles. The number of nitrogens with one attached hydrogen (secondary N) is 1. The largest absolute Gasteiger partial charge is 0.493 e. The average molecular weight is 407 g/mol. The van der Waals surface area contributed by atoms with E-state index in [1.807, 2.05) is 0 Å². The van der Waals surface area contributed by atoms with Crippen molar-refractivity contribution in [3.8, 4) is 23.0 Å². The van der Waals surface area contributed by atoms with Crippen molar-refractivity contribution in [2.45, 2.75) is 13.0 Å². The molecule has 0 aliphatic heterocycles. The van der Waals surface area contributed by atoms with Gasteiger partial charge in [-0.05, 0) is 42.3 Å². The number of amides is 1. The van der Waals surface area contributed by atoms with Crippen LogP contribution in [0.2, 0.25) is 0 Å². The zero-order valence-electron chi connectivity index (χ0n) is 16.2. The van der Waals surface area contributed by atoms with E-state index >= 15 is 0 Å². The first-order valence-corrected chi connectivity index (χ1v) is 8.80. The Morgan fingerprint density at radius 1 is 1.07 bits per heavy atom. The Kier molecular flexibility index (Phi) is 8.27. The van der Waals surface area contributed by atoms with Crippen LogP contribution < -0.4 is 24.3 Å². The van der Waals surface area contributed by atoms with Crippen molar-refractivity contribution >= 4 is 5.91 Å². The third-order valence-electron chi connectivity index (χ3n) is 3.93. The summed E-state index contributed by atoms with van der Waals surface area (Å²) in [6.45, 7) is 1.32. The molecule has 0 aliphatic rings. The molecule has 0 spiro atoms. The molecule has 0 aliphatic carbocycles. The molecule has 2 rings (SSSR count). The fraction of sp³-hybridized carbons (Fsp3) is 0.286. The molecule has 1 amide bonds. The Hall–Kier alpha value is -3.29. The van der Waals surface area contributed by atoms with Crippen LogP contribution in [0.3, 0.4) is 0 Å². The smallest absolute Gasteiger partial charge is 0.387 e. The number of hydrogen-bond donors (Lipinski definition) is 1. The maximum atomic E-state index is 12.4. The normalized spacial score (nSPS) is 10.4. The molecule has 29 heavy (non-hydrogen) atoms. The quantitative estimate of drug-likeness (QED) is 0.574. The second kappa shape index (κ2) is 10.9. The molecule has 1 N–H and O–H groups in total. The Bertz CT molecular complexity index is 842. The molecule has 2 aromatic rings. The number of carbonyl (C=O) groups is 1. The van der Waals surface area contributed by atoms with Crippen LogP contribution in [-0.2, 0) is 6.42 Å². The van der Waals surface area contributed by atoms with Gasteiger partial charge in [-0.15, -0.1) is 0 Å². The molecule has 8 heteroatoms. The van der Waals surface area contributed by atoms with Gasteiger partial charge in [-0.25, -0.2) is 0 Å². The zero-order chi connectivity index (χ0) is 21.2. The number of benzene rings is 2. The summed E-state index contributed by atoms with van der Waals surface area (Å²) in [7, 11) is 2.86. The first kappa shape index (κ1) is 22.0. The van der Waals surface area contributed by atoms with Crippen LogP contribution in [0.5, 0.6) is 23.0 Å². The number of carbonyl (C=O) groups excluding carboxylic acids is 1. The summed E-state index contributed by atoms with van der Waals surface area (Å²) in [6, 6.07) is 9.53. The monoisotopic (exact) mass is 407 g/mol. The second-order valence-electron chi connectivity index (χ2n) is 5.83. The molecule has 2 aromatic carbocycles. The lowest BCUT2D eigenvalue weighted by Gasteiger charge is -2.12. The van der Waals surface area contributed by atoms with E-state index in [4.69, 9.17) is 14.2 Å². The summed E-state index contributed by atoms with van der Waals surface area (Å²) in [5, 5.41) is 2.80. The summed E-state index contributed by atoms with van der Waals surface area (Å²) in [5.74, 6) is 0.847. The molecular weight excluding hydrogens is 384 g/mol. The number of hydrogen-bond acceptors (Lipinski definition) is 5. The van der Waals surface area contributed by atoms with Crippen LogP contribution in [0, 0.1) is 0 Å². The molecular formula is C21H23F2NO5. The summed E-state index contributed by atoms with van der Waals surface area (Å²) >= 11 is 0. The summed E-state index contributed by atoms with van der Waals surface area (Å²) < 4.78 is 44.9. The van der Waals surface area contributed by atoms with Gasteiger partial charge in [0.05, 0.1) is 14.2 Å². The summed E-state index contributed by atoms with van der Waals surface area (Å²) in [4.78, 5) is 12.4. The van der Waals surface area contributed by atoms with Crippen molar-refractivity contribution in [3.63, 3.8) is 0 Å². The predicted molar refractivity (Wildman–Crippen MR) is 104 cm³/mol. The van der Waals surface area contributed by atoms with Crippen molar-refractivity contribution in [3.05, 3.63) is 60.2 Å². The van der Waals surface area contributed by atoms with Crippen LogP contribution in [0.1, 0.15) is 15.9 Å². The van der Waals surface area contributed by atoms with Crippen LogP contribution in [0.15, 0.2) is 49.1 Å². The molecule has 0 radical (unpaired) electrons. The topological polar surface area (TPSA) is 66.0 Å². The van der Waals surface area contributed by atoms with Crippen molar-refractivity contribution in [1.82, 2.24) is 5.32 Å². The van der Waals surface area contributed by atoms with Crippen molar-refractivity contribution in [2.75, 3.05) is 27.4 Å². The Balaban J connectivity index is 1.96. The highest BCUT2D eigenvalue weighted by Gasteiger charge is 2.13. The molecule has 0 unspecified atom stereocenters. The maximum Gasteiger partial charge on any atom is 0.387 e. The van der Waals surface area contributed by atoms with Gasteiger partial charge < -0.3 is 24.3 Å². The highest BCUT2D eigenvalue weighted by Crippen LogP contribution is 2.30. The van der Waals surface area contributed by atoms with Gasteiger partial charge >= 0.3 is 6.61 Å². The van der Waals surface area contributed by atoms with E-state index in [-0.39, 0.29) is 17.4 Å². The van der Waals surface area contributed by atoms with E-state index in [1.165, 1.54) is 20.3 Å². The SMILES string of the molecule is C=CCOc1ccc(C(=O)NCCc2ccc(OC(F)F)c(OC)c2)cc1OC. The van der Waals surface area contributed by atoms with Crippen LogP contribution in [-0.4, -0.2) is 39.9 Å². The molecule has 6 nitrogen and oxygen atoms in total. The van der Waals surface area contributed by atoms with E-state index in [1.54, 1.807) is 36.4 Å². The summed E-state index contributed by atoms with van der Waals surface area (Å²) in [6.07, 6.45) is 2.09. The van der Waals surface area contributed by atoms with Crippen LogP contribution in [0.25, 0.3) is 0 Å². The van der Waals surface area contributed by atoms with Gasteiger partial charge in [0.2, 0.25) is 0 Å². The van der Waals surface area contributed by atoms with Gasteiger partial charge in [0.25, 0.3) is 5.91 Å². The molecule has 0 fully saturated rings. The highest BCUT2D eigenvalue weighted by molar-refractivity contribution is 5.94. The zero-order valence-corrected chi connectivity index (χ0v) is 16.2. The third kappa shape index (κ3) is 6.38. The maximum absolute atomic E-state index is 12.4. The number of methoxy groups -OCH3 is 2. The van der Waals surface area contributed by atoms with Crippen molar-refractivity contribution in [2.24, 2.45) is 0 Å². The van der Waals surface area contributed by atoms with Gasteiger partial charge in [-0.3, -0.25) is 4.79 Å². The number of alkyl halides is 2. The van der Waals surface area contributed by atoms with E-state index in [2.05, 4.69) is 16.6 Å². The number of halogens is 2. The highest BCUT2D eigenvalue weighted by atomic mass is 19.3. The molecule has 0 saturated carbocycles. The fourth-order valence-corrected chi connectivity index (χ4v) is 2.56. The average Bonchev–Trinajstić information content (AvgIpc) is 2.72. The number of ether oxygens (including phenoxy) is 4. The first-order chi connectivity index (χ1) is 14.0. The van der Waals surface area contributed by atoms with E-state index in [0.717, 1.165) is 5.56 Å². The van der Waals surface area contributed by atoms with E-state index in [0.29, 0.717) is 36.6 Å². The molecule has 0 aromatic heterocycles. The Labute approximate surface area is 168 Å². The van der Waals surface area contributed by atoms with Gasteiger partial charge in [0, 0.05) is 12.1 Å². The molecule has 0 atom stereocenters. The minimum atomic E-state index is -2.93. The van der Waals surface area contributed by atoms with Gasteiger partial charge in [0.1, 0.15) is 6.61 Å². The lowest BCUT2D eigenvalue weighted by molar-refractivity contribution is -0.0512. The number of rotatable bonds is 11. The lowest BCUT2D eigenvalue weighted by Crippen LogP contribution is -2.25. The van der Waals surface area contributed by atoms with Gasteiger partial charge in [0.15, 0.2) is 23.0 Å². The molecule has 0 bridgehead atoms. The van der Waals surface area contributed by atoms with Crippen molar-refractivity contribution in [1.29, 1.82) is 0 Å². The minimum Gasteiger partial charge on any atom is -0.493 e. The third-order valence-corrected chi connectivity index (χ3v) is 3.93. The standard InChI is InChI=1S/C21H23F2NO5/c1-4-11-28-16-8-6-15(13-19(16)27-3)20(25)24-10-9-14-5-7-17(29-21(22)23)18(12-14)26-2/h4-8,12-13,21H,1,9-11H2,2-3H3,(H,24,25). The van der Waals surface area contributed by atoms with Gasteiger partial charge in [-0.1, -0.05) is 18.7 Å². The fourth-order valence-electron chi connectivity index (χ4n) is 2.56. The van der Waals surface area contributed by atoms with Gasteiger partial charge in [-0.2, -0.15) is 8.78 Å². The Morgan fingerprint density at radius 3 is 2.41 bits per heavy atom. The van der Waals surface area contributed by atoms with E-state index in [9.17, 15) is 13.6 Å².